The van der Waals surface area contributed by atoms with E-state index >= 15 is 0 Å². The van der Waals surface area contributed by atoms with E-state index in [9.17, 15) is 9.18 Å². The average Bonchev–Trinajstić information content (AvgIpc) is 3.18. The van der Waals surface area contributed by atoms with E-state index in [1.165, 1.54) is 6.07 Å². The van der Waals surface area contributed by atoms with Crippen molar-refractivity contribution in [3.63, 3.8) is 0 Å². The van der Waals surface area contributed by atoms with Gasteiger partial charge in [0, 0.05) is 39.3 Å². The standard InChI is InChI=1S/C20H25FN4O3/c21-17-4-2-1-3-16(17)18-13-22-19(28-18)14-23-5-7-25(8-6-23)20(26)15-24-9-11-27-12-10-24/h1-4,13H,5-12,14-15H2. The highest BCUT2D eigenvalue weighted by Gasteiger charge is 2.24. The van der Waals surface area contributed by atoms with Crippen LogP contribution in [0.1, 0.15) is 5.89 Å². The Labute approximate surface area is 163 Å². The number of morpholine rings is 1. The number of halogens is 1. The average molecular weight is 388 g/mol. The molecule has 0 unspecified atom stereocenters. The molecule has 1 aromatic carbocycles. The molecule has 2 saturated heterocycles. The topological polar surface area (TPSA) is 62.1 Å². The van der Waals surface area contributed by atoms with Crippen LogP contribution >= 0.6 is 0 Å². The van der Waals surface area contributed by atoms with Crippen LogP contribution in [0.3, 0.4) is 0 Å². The van der Waals surface area contributed by atoms with Gasteiger partial charge >= 0.3 is 0 Å². The zero-order chi connectivity index (χ0) is 19.3. The first-order valence-corrected chi connectivity index (χ1v) is 9.69. The van der Waals surface area contributed by atoms with Gasteiger partial charge in [-0.3, -0.25) is 14.6 Å². The molecule has 0 spiro atoms. The summed E-state index contributed by atoms with van der Waals surface area (Å²) < 4.78 is 24.9. The molecule has 0 aliphatic carbocycles. The SMILES string of the molecule is O=C(CN1CCOCC1)N1CCN(Cc2ncc(-c3ccccc3F)o2)CC1. The van der Waals surface area contributed by atoms with Gasteiger partial charge in [0.2, 0.25) is 11.8 Å². The second kappa shape index (κ2) is 8.81. The Balaban J connectivity index is 1.27. The number of piperazine rings is 1. The highest BCUT2D eigenvalue weighted by atomic mass is 19.1. The second-order valence-corrected chi connectivity index (χ2v) is 7.14. The molecular formula is C20H25FN4O3. The highest BCUT2D eigenvalue weighted by Crippen LogP contribution is 2.23. The Morgan fingerprint density at radius 1 is 1.04 bits per heavy atom. The maximum Gasteiger partial charge on any atom is 0.236 e. The molecule has 4 rings (SSSR count). The van der Waals surface area contributed by atoms with Crippen LogP contribution in [-0.2, 0) is 16.1 Å². The van der Waals surface area contributed by atoms with Crippen LogP contribution in [0.2, 0.25) is 0 Å². The third-order valence-corrected chi connectivity index (χ3v) is 5.24. The lowest BCUT2D eigenvalue weighted by atomic mass is 10.2. The first-order chi connectivity index (χ1) is 13.7. The van der Waals surface area contributed by atoms with Crippen LogP contribution in [0.15, 0.2) is 34.9 Å². The summed E-state index contributed by atoms with van der Waals surface area (Å²) in [5, 5.41) is 0. The minimum Gasteiger partial charge on any atom is -0.439 e. The second-order valence-electron chi connectivity index (χ2n) is 7.14. The maximum atomic E-state index is 13.9. The van der Waals surface area contributed by atoms with Gasteiger partial charge in [-0.1, -0.05) is 12.1 Å². The molecule has 0 N–H and O–H groups in total. The normalized spacial score (nSPS) is 19.1. The van der Waals surface area contributed by atoms with Gasteiger partial charge in [-0.05, 0) is 12.1 Å². The van der Waals surface area contributed by atoms with Gasteiger partial charge in [-0.25, -0.2) is 9.37 Å². The summed E-state index contributed by atoms with van der Waals surface area (Å²) in [6.07, 6.45) is 1.57. The minimum absolute atomic E-state index is 0.180. The summed E-state index contributed by atoms with van der Waals surface area (Å²) in [5.74, 6) is 0.857. The number of benzene rings is 1. The van der Waals surface area contributed by atoms with Crippen molar-refractivity contribution >= 4 is 5.91 Å². The quantitative estimate of drug-likeness (QED) is 0.773. The zero-order valence-electron chi connectivity index (χ0n) is 15.8. The van der Waals surface area contributed by atoms with Crippen LogP contribution in [0.4, 0.5) is 4.39 Å². The molecule has 1 aromatic heterocycles. The Kier molecular flexibility index (Phi) is 5.99. The Bertz CT molecular complexity index is 798. The molecule has 2 aliphatic heterocycles. The Hall–Kier alpha value is -2.29. The number of carbonyl (C=O) groups excluding carboxylic acids is 1. The molecule has 8 heteroatoms. The fraction of sp³-hybridized carbons (Fsp3) is 0.500. The van der Waals surface area contributed by atoms with E-state index in [-0.39, 0.29) is 11.7 Å². The number of rotatable bonds is 5. The number of amides is 1. The lowest BCUT2D eigenvalue weighted by molar-refractivity contribution is -0.135. The van der Waals surface area contributed by atoms with E-state index in [1.807, 2.05) is 4.90 Å². The number of hydrogen-bond acceptors (Lipinski definition) is 6. The van der Waals surface area contributed by atoms with Crippen molar-refractivity contribution in [3.8, 4) is 11.3 Å². The minimum atomic E-state index is -0.322. The molecule has 0 bridgehead atoms. The molecule has 0 saturated carbocycles. The van der Waals surface area contributed by atoms with E-state index in [0.717, 1.165) is 26.2 Å². The lowest BCUT2D eigenvalue weighted by Gasteiger charge is -2.35. The third kappa shape index (κ3) is 4.57. The number of oxazole rings is 1. The van der Waals surface area contributed by atoms with Crippen LogP contribution in [0.25, 0.3) is 11.3 Å². The van der Waals surface area contributed by atoms with Gasteiger partial charge in [0.25, 0.3) is 0 Å². The van der Waals surface area contributed by atoms with Gasteiger partial charge in [0.15, 0.2) is 5.76 Å². The third-order valence-electron chi connectivity index (χ3n) is 5.24. The number of hydrogen-bond donors (Lipinski definition) is 0. The van der Waals surface area contributed by atoms with Crippen molar-refractivity contribution in [2.24, 2.45) is 0 Å². The van der Waals surface area contributed by atoms with Crippen LogP contribution in [-0.4, -0.2) is 84.6 Å². The molecular weight excluding hydrogens is 363 g/mol. The molecule has 0 atom stereocenters. The van der Waals surface area contributed by atoms with Crippen molar-refractivity contribution in [2.75, 3.05) is 59.0 Å². The van der Waals surface area contributed by atoms with E-state index < -0.39 is 0 Å². The van der Waals surface area contributed by atoms with Gasteiger partial charge in [-0.2, -0.15) is 0 Å². The van der Waals surface area contributed by atoms with Gasteiger partial charge < -0.3 is 14.1 Å². The summed E-state index contributed by atoms with van der Waals surface area (Å²) in [6, 6.07) is 6.51. The predicted molar refractivity (Wildman–Crippen MR) is 101 cm³/mol. The summed E-state index contributed by atoms with van der Waals surface area (Å²) in [7, 11) is 0. The lowest BCUT2D eigenvalue weighted by Crippen LogP contribution is -2.52. The first-order valence-electron chi connectivity index (χ1n) is 9.69. The van der Waals surface area contributed by atoms with E-state index in [4.69, 9.17) is 9.15 Å². The Morgan fingerprint density at radius 3 is 2.54 bits per heavy atom. The molecule has 28 heavy (non-hydrogen) atoms. The fourth-order valence-electron chi connectivity index (χ4n) is 3.57. The number of nitrogens with zero attached hydrogens (tertiary/aromatic N) is 4. The van der Waals surface area contributed by atoms with Crippen molar-refractivity contribution in [2.45, 2.75) is 6.54 Å². The molecule has 150 valence electrons. The van der Waals surface area contributed by atoms with Gasteiger partial charge in [0.1, 0.15) is 5.82 Å². The van der Waals surface area contributed by atoms with E-state index in [2.05, 4.69) is 14.8 Å². The number of carbonyl (C=O) groups is 1. The van der Waals surface area contributed by atoms with Crippen molar-refractivity contribution in [1.29, 1.82) is 0 Å². The summed E-state index contributed by atoms with van der Waals surface area (Å²) in [5.41, 5.74) is 0.416. The highest BCUT2D eigenvalue weighted by molar-refractivity contribution is 5.78. The summed E-state index contributed by atoms with van der Waals surface area (Å²) >= 11 is 0. The first kappa shape index (κ1) is 19.0. The van der Waals surface area contributed by atoms with Gasteiger partial charge in [-0.15, -0.1) is 0 Å². The van der Waals surface area contributed by atoms with Gasteiger partial charge in [0.05, 0.1) is 38.1 Å². The number of aromatic nitrogens is 1. The summed E-state index contributed by atoms with van der Waals surface area (Å²) in [6.45, 7) is 7.00. The molecule has 2 aliphatic rings. The largest absolute Gasteiger partial charge is 0.439 e. The van der Waals surface area contributed by atoms with E-state index in [1.54, 1.807) is 24.4 Å². The Morgan fingerprint density at radius 2 is 1.79 bits per heavy atom. The molecule has 1 amide bonds. The molecule has 2 fully saturated rings. The summed E-state index contributed by atoms with van der Waals surface area (Å²) in [4.78, 5) is 23.0. The van der Waals surface area contributed by atoms with Crippen molar-refractivity contribution in [3.05, 3.63) is 42.2 Å². The molecule has 0 radical (unpaired) electrons. The monoisotopic (exact) mass is 388 g/mol. The fourth-order valence-corrected chi connectivity index (χ4v) is 3.57. The number of ether oxygens (including phenoxy) is 1. The molecule has 3 heterocycles. The molecule has 7 nitrogen and oxygen atoms in total. The van der Waals surface area contributed by atoms with E-state index in [0.29, 0.717) is 56.6 Å². The van der Waals surface area contributed by atoms with Crippen molar-refractivity contribution < 1.29 is 18.3 Å². The van der Waals surface area contributed by atoms with Crippen LogP contribution in [0, 0.1) is 5.82 Å². The van der Waals surface area contributed by atoms with Crippen LogP contribution in [0.5, 0.6) is 0 Å². The maximum absolute atomic E-state index is 13.9. The van der Waals surface area contributed by atoms with Crippen LogP contribution < -0.4 is 0 Å². The van der Waals surface area contributed by atoms with Crippen molar-refractivity contribution in [1.82, 2.24) is 19.7 Å². The molecule has 2 aromatic rings. The predicted octanol–water partition coefficient (Wildman–Crippen LogP) is 1.46. The zero-order valence-corrected chi connectivity index (χ0v) is 15.8. The smallest absolute Gasteiger partial charge is 0.236 e.